The van der Waals surface area contributed by atoms with Crippen molar-refractivity contribution in [3.63, 3.8) is 0 Å². The number of hydrogen-bond acceptors (Lipinski definition) is 2. The molecular weight excluding hydrogens is 285 g/mol. The van der Waals surface area contributed by atoms with Crippen molar-refractivity contribution in [2.75, 3.05) is 18.5 Å². The van der Waals surface area contributed by atoms with Crippen LogP contribution in [0.4, 0.5) is 23.7 Å². The summed E-state index contributed by atoms with van der Waals surface area (Å²) in [7, 11) is 0. The zero-order valence-electron chi connectivity index (χ0n) is 12.0. The second-order valence-corrected chi connectivity index (χ2v) is 4.73. The van der Waals surface area contributed by atoms with Gasteiger partial charge in [0.2, 0.25) is 0 Å². The number of ether oxygens (including phenoxy) is 1. The van der Waals surface area contributed by atoms with Gasteiger partial charge in [-0.2, -0.15) is 13.2 Å². The van der Waals surface area contributed by atoms with Crippen LogP contribution in [0, 0.1) is 0 Å². The summed E-state index contributed by atoms with van der Waals surface area (Å²) < 4.78 is 42.4. The van der Waals surface area contributed by atoms with Crippen LogP contribution < -0.4 is 10.6 Å². The van der Waals surface area contributed by atoms with Gasteiger partial charge in [0.1, 0.15) is 0 Å². The monoisotopic (exact) mass is 304 g/mol. The van der Waals surface area contributed by atoms with E-state index in [0.717, 1.165) is 12.1 Å². The topological polar surface area (TPSA) is 50.4 Å². The Morgan fingerprint density at radius 1 is 1.24 bits per heavy atom. The molecule has 0 saturated heterocycles. The first-order valence-electron chi connectivity index (χ1n) is 6.63. The number of amides is 2. The van der Waals surface area contributed by atoms with E-state index in [9.17, 15) is 18.0 Å². The molecule has 4 nitrogen and oxygen atoms in total. The Kier molecular flexibility index (Phi) is 6.48. The van der Waals surface area contributed by atoms with Gasteiger partial charge in [-0.25, -0.2) is 4.79 Å². The van der Waals surface area contributed by atoms with Crippen LogP contribution in [-0.4, -0.2) is 25.3 Å². The van der Waals surface area contributed by atoms with E-state index in [1.165, 1.54) is 12.1 Å². The third-order valence-electron chi connectivity index (χ3n) is 2.53. The van der Waals surface area contributed by atoms with Gasteiger partial charge in [0, 0.05) is 18.8 Å². The van der Waals surface area contributed by atoms with Crippen molar-refractivity contribution in [2.24, 2.45) is 0 Å². The minimum Gasteiger partial charge on any atom is -0.379 e. The predicted octanol–water partition coefficient (Wildman–Crippen LogP) is 3.64. The fraction of sp³-hybridized carbons (Fsp3) is 0.500. The van der Waals surface area contributed by atoms with E-state index in [1.54, 1.807) is 0 Å². The lowest BCUT2D eigenvalue weighted by atomic mass is 10.2. The fourth-order valence-electron chi connectivity index (χ4n) is 1.51. The zero-order chi connectivity index (χ0) is 15.9. The Morgan fingerprint density at radius 3 is 2.38 bits per heavy atom. The molecule has 0 saturated carbocycles. The molecule has 0 bridgehead atoms. The number of carbonyl (C=O) groups excluding carboxylic acids is 1. The van der Waals surface area contributed by atoms with Crippen molar-refractivity contribution in [2.45, 2.75) is 32.5 Å². The number of rotatable bonds is 6. The Labute approximate surface area is 121 Å². The molecule has 7 heteroatoms. The number of hydrogen-bond donors (Lipinski definition) is 2. The van der Waals surface area contributed by atoms with Crippen LogP contribution in [0.3, 0.4) is 0 Å². The molecule has 0 aromatic heterocycles. The van der Waals surface area contributed by atoms with Crippen LogP contribution in [0.25, 0.3) is 0 Å². The quantitative estimate of drug-likeness (QED) is 0.788. The maximum atomic E-state index is 12.4. The molecule has 0 aliphatic rings. The lowest BCUT2D eigenvalue weighted by Gasteiger charge is -2.10. The van der Waals surface area contributed by atoms with Crippen molar-refractivity contribution in [3.05, 3.63) is 29.8 Å². The van der Waals surface area contributed by atoms with Crippen LogP contribution >= 0.6 is 0 Å². The molecule has 1 aromatic rings. The Hall–Kier alpha value is -1.76. The number of carbonyl (C=O) groups is 1. The molecule has 1 aromatic carbocycles. The van der Waals surface area contributed by atoms with E-state index in [0.29, 0.717) is 25.3 Å². The van der Waals surface area contributed by atoms with E-state index in [2.05, 4.69) is 10.6 Å². The van der Waals surface area contributed by atoms with Crippen molar-refractivity contribution in [1.29, 1.82) is 0 Å². The van der Waals surface area contributed by atoms with Crippen LogP contribution in [0.2, 0.25) is 0 Å². The number of alkyl halides is 3. The Balaban J connectivity index is 2.31. The molecular formula is C14H19F3N2O2. The second kappa shape index (κ2) is 7.87. The van der Waals surface area contributed by atoms with Crippen molar-refractivity contribution in [3.8, 4) is 0 Å². The van der Waals surface area contributed by atoms with Crippen LogP contribution in [0.1, 0.15) is 25.8 Å². The third-order valence-corrected chi connectivity index (χ3v) is 2.53. The molecule has 21 heavy (non-hydrogen) atoms. The van der Waals surface area contributed by atoms with Crippen LogP contribution in [0.15, 0.2) is 24.3 Å². The highest BCUT2D eigenvalue weighted by molar-refractivity contribution is 5.89. The molecule has 2 N–H and O–H groups in total. The molecule has 0 atom stereocenters. The molecule has 0 radical (unpaired) electrons. The predicted molar refractivity (Wildman–Crippen MR) is 74.2 cm³/mol. The summed E-state index contributed by atoms with van der Waals surface area (Å²) in [6, 6.07) is 3.81. The van der Waals surface area contributed by atoms with Crippen LogP contribution in [0.5, 0.6) is 0 Å². The standard InChI is InChI=1S/C14H19F3N2O2/c1-10(2)21-9-3-8-18-13(20)19-12-6-4-11(5-7-12)14(15,16)17/h4-7,10H,3,8-9H2,1-2H3,(H2,18,19,20). The first-order valence-corrected chi connectivity index (χ1v) is 6.63. The summed E-state index contributed by atoms with van der Waals surface area (Å²) in [5.74, 6) is 0. The summed E-state index contributed by atoms with van der Waals surface area (Å²) in [5.41, 5.74) is -0.446. The molecule has 0 unspecified atom stereocenters. The normalized spacial score (nSPS) is 11.5. The van der Waals surface area contributed by atoms with E-state index >= 15 is 0 Å². The average molecular weight is 304 g/mol. The lowest BCUT2D eigenvalue weighted by Crippen LogP contribution is -2.30. The largest absolute Gasteiger partial charge is 0.416 e. The molecule has 0 heterocycles. The van der Waals surface area contributed by atoms with E-state index in [1.807, 2.05) is 13.8 Å². The van der Waals surface area contributed by atoms with Crippen LogP contribution in [-0.2, 0) is 10.9 Å². The number of urea groups is 1. The molecule has 2 amide bonds. The highest BCUT2D eigenvalue weighted by Crippen LogP contribution is 2.29. The molecule has 1 rings (SSSR count). The Morgan fingerprint density at radius 2 is 1.86 bits per heavy atom. The molecule has 0 aliphatic carbocycles. The number of nitrogens with one attached hydrogen (secondary N) is 2. The van der Waals surface area contributed by atoms with Crippen molar-refractivity contribution >= 4 is 11.7 Å². The summed E-state index contributed by atoms with van der Waals surface area (Å²) in [4.78, 5) is 11.5. The average Bonchev–Trinajstić information content (AvgIpc) is 2.37. The first kappa shape index (κ1) is 17.3. The van der Waals surface area contributed by atoms with Gasteiger partial charge in [-0.1, -0.05) is 0 Å². The van der Waals surface area contributed by atoms with Gasteiger partial charge < -0.3 is 15.4 Å². The van der Waals surface area contributed by atoms with E-state index in [4.69, 9.17) is 4.74 Å². The minimum absolute atomic E-state index is 0.144. The van der Waals surface area contributed by atoms with Gasteiger partial charge in [-0.3, -0.25) is 0 Å². The summed E-state index contributed by atoms with van der Waals surface area (Å²) in [6.45, 7) is 4.81. The maximum Gasteiger partial charge on any atom is 0.416 e. The van der Waals surface area contributed by atoms with E-state index < -0.39 is 17.8 Å². The van der Waals surface area contributed by atoms with Gasteiger partial charge >= 0.3 is 12.2 Å². The van der Waals surface area contributed by atoms with E-state index in [-0.39, 0.29) is 6.10 Å². The van der Waals surface area contributed by atoms with Crippen molar-refractivity contribution in [1.82, 2.24) is 5.32 Å². The molecule has 118 valence electrons. The fourth-order valence-corrected chi connectivity index (χ4v) is 1.51. The van der Waals surface area contributed by atoms with Gasteiger partial charge in [0.05, 0.1) is 11.7 Å². The number of anilines is 1. The Bertz CT molecular complexity index is 445. The summed E-state index contributed by atoms with van der Waals surface area (Å²) >= 11 is 0. The third kappa shape index (κ3) is 6.99. The number of benzene rings is 1. The molecule has 0 spiro atoms. The zero-order valence-corrected chi connectivity index (χ0v) is 12.0. The first-order chi connectivity index (χ1) is 9.79. The number of halogens is 3. The maximum absolute atomic E-state index is 12.4. The highest BCUT2D eigenvalue weighted by atomic mass is 19.4. The smallest absolute Gasteiger partial charge is 0.379 e. The van der Waals surface area contributed by atoms with Gasteiger partial charge in [0.15, 0.2) is 0 Å². The minimum atomic E-state index is -4.38. The lowest BCUT2D eigenvalue weighted by molar-refractivity contribution is -0.137. The van der Waals surface area contributed by atoms with Gasteiger partial charge in [-0.05, 0) is 44.5 Å². The molecule has 0 fully saturated rings. The van der Waals surface area contributed by atoms with Gasteiger partial charge in [0.25, 0.3) is 0 Å². The second-order valence-electron chi connectivity index (χ2n) is 4.73. The molecule has 0 aliphatic heterocycles. The summed E-state index contributed by atoms with van der Waals surface area (Å²) in [6.07, 6.45) is -3.57. The SMILES string of the molecule is CC(C)OCCCNC(=O)Nc1ccc(C(F)(F)F)cc1. The van der Waals surface area contributed by atoms with Crippen molar-refractivity contribution < 1.29 is 22.7 Å². The van der Waals surface area contributed by atoms with Gasteiger partial charge in [-0.15, -0.1) is 0 Å². The highest BCUT2D eigenvalue weighted by Gasteiger charge is 2.29. The summed E-state index contributed by atoms with van der Waals surface area (Å²) in [5, 5.41) is 5.06.